The lowest BCUT2D eigenvalue weighted by atomic mass is 9.91. The summed E-state index contributed by atoms with van der Waals surface area (Å²) in [7, 11) is 0. The molecule has 4 aromatic rings. The number of benzene rings is 4. The van der Waals surface area contributed by atoms with Crippen LogP contribution in [0.3, 0.4) is 0 Å². The van der Waals surface area contributed by atoms with E-state index in [1.807, 2.05) is 18.2 Å². The molecule has 1 aliphatic heterocycles. The van der Waals surface area contributed by atoms with Crippen molar-refractivity contribution in [3.05, 3.63) is 102 Å². The summed E-state index contributed by atoms with van der Waals surface area (Å²) >= 11 is 0. The van der Waals surface area contributed by atoms with Gasteiger partial charge in [0, 0.05) is 18.7 Å². The molecule has 32 heavy (non-hydrogen) atoms. The summed E-state index contributed by atoms with van der Waals surface area (Å²) in [6.45, 7) is 2.00. The Morgan fingerprint density at radius 2 is 1.44 bits per heavy atom. The molecule has 0 saturated carbocycles. The molecule has 0 N–H and O–H groups in total. The molecule has 2 nitrogen and oxygen atoms in total. The zero-order valence-corrected chi connectivity index (χ0v) is 18.2. The molecule has 0 spiro atoms. The van der Waals surface area contributed by atoms with Crippen LogP contribution in [0, 0.1) is 11.3 Å². The third-order valence-corrected chi connectivity index (χ3v) is 6.33. The van der Waals surface area contributed by atoms with Crippen molar-refractivity contribution < 1.29 is 0 Å². The first-order valence-electron chi connectivity index (χ1n) is 11.4. The second kappa shape index (κ2) is 9.12. The van der Waals surface area contributed by atoms with Crippen LogP contribution in [0.15, 0.2) is 84.9 Å². The summed E-state index contributed by atoms with van der Waals surface area (Å²) in [5.74, 6) is 0. The number of nitriles is 1. The Kier molecular flexibility index (Phi) is 5.73. The molecule has 0 aliphatic carbocycles. The predicted octanol–water partition coefficient (Wildman–Crippen LogP) is 7.54. The van der Waals surface area contributed by atoms with Crippen molar-refractivity contribution in [1.29, 1.82) is 5.26 Å². The molecule has 0 amide bonds. The van der Waals surface area contributed by atoms with Crippen molar-refractivity contribution in [2.45, 2.75) is 19.3 Å². The first-order valence-corrected chi connectivity index (χ1v) is 11.4. The lowest BCUT2D eigenvalue weighted by molar-refractivity contribution is 0.578. The lowest BCUT2D eigenvalue weighted by Crippen LogP contribution is -2.30. The highest BCUT2D eigenvalue weighted by molar-refractivity contribution is 6.01. The number of hydrogen-bond acceptors (Lipinski definition) is 2. The van der Waals surface area contributed by atoms with Crippen LogP contribution < -0.4 is 4.90 Å². The zero-order chi connectivity index (χ0) is 21.8. The van der Waals surface area contributed by atoms with Crippen molar-refractivity contribution in [3.8, 4) is 17.2 Å². The van der Waals surface area contributed by atoms with Gasteiger partial charge in [0.05, 0.1) is 11.3 Å². The van der Waals surface area contributed by atoms with Crippen LogP contribution in [0.2, 0.25) is 0 Å². The molecule has 2 heteroatoms. The van der Waals surface area contributed by atoms with Gasteiger partial charge in [0.2, 0.25) is 0 Å². The quantitative estimate of drug-likeness (QED) is 0.323. The normalized spacial score (nSPS) is 14.0. The van der Waals surface area contributed by atoms with E-state index in [1.165, 1.54) is 35.6 Å². The van der Waals surface area contributed by atoms with Crippen molar-refractivity contribution in [3.63, 3.8) is 0 Å². The van der Waals surface area contributed by atoms with E-state index >= 15 is 0 Å². The SMILES string of the molecule is N#Cc1c(/C=C/c2ccccc2)ccc(-c2cccc3ccccc23)c1N1CCCCC1. The minimum Gasteiger partial charge on any atom is -0.370 e. The molecule has 0 atom stereocenters. The van der Waals surface area contributed by atoms with E-state index < -0.39 is 0 Å². The molecule has 0 aromatic heterocycles. The standard InChI is InChI=1S/C30H26N2/c31-22-29-25(17-16-23-10-3-1-4-11-23)18-19-28(30(29)32-20-7-2-8-21-32)27-15-9-13-24-12-5-6-14-26(24)27/h1,3-6,9-19H,2,7-8,20-21H2/b17-16+. The fourth-order valence-corrected chi connectivity index (χ4v) is 4.74. The highest BCUT2D eigenvalue weighted by Gasteiger charge is 2.22. The minimum absolute atomic E-state index is 0.768. The summed E-state index contributed by atoms with van der Waals surface area (Å²) in [4.78, 5) is 2.43. The van der Waals surface area contributed by atoms with Crippen LogP contribution in [-0.2, 0) is 0 Å². The molecule has 1 fully saturated rings. The zero-order valence-electron chi connectivity index (χ0n) is 18.2. The van der Waals surface area contributed by atoms with Gasteiger partial charge in [0.25, 0.3) is 0 Å². The van der Waals surface area contributed by atoms with Crippen molar-refractivity contribution in [2.75, 3.05) is 18.0 Å². The maximum atomic E-state index is 10.3. The third-order valence-electron chi connectivity index (χ3n) is 6.33. The molecule has 5 rings (SSSR count). The molecule has 0 unspecified atom stereocenters. The molecule has 0 radical (unpaired) electrons. The van der Waals surface area contributed by atoms with Crippen LogP contribution in [-0.4, -0.2) is 13.1 Å². The van der Waals surface area contributed by atoms with E-state index in [0.717, 1.165) is 41.0 Å². The van der Waals surface area contributed by atoms with Gasteiger partial charge in [0.1, 0.15) is 6.07 Å². The van der Waals surface area contributed by atoms with Gasteiger partial charge in [-0.05, 0) is 46.7 Å². The van der Waals surface area contributed by atoms with Crippen molar-refractivity contribution >= 4 is 28.6 Å². The number of fused-ring (bicyclic) bond motifs is 1. The van der Waals surface area contributed by atoms with Crippen LogP contribution in [0.25, 0.3) is 34.1 Å². The summed E-state index contributed by atoms with van der Waals surface area (Å²) in [6, 6.07) is 32.1. The first-order chi connectivity index (χ1) is 15.8. The summed E-state index contributed by atoms with van der Waals surface area (Å²) in [6.07, 6.45) is 7.77. The number of hydrogen-bond donors (Lipinski definition) is 0. The molecule has 4 aromatic carbocycles. The fraction of sp³-hybridized carbons (Fsp3) is 0.167. The average Bonchev–Trinajstić information content (AvgIpc) is 2.87. The summed E-state index contributed by atoms with van der Waals surface area (Å²) in [5, 5.41) is 12.8. The summed E-state index contributed by atoms with van der Waals surface area (Å²) < 4.78 is 0. The van der Waals surface area contributed by atoms with Gasteiger partial charge < -0.3 is 4.90 Å². The van der Waals surface area contributed by atoms with Gasteiger partial charge >= 0.3 is 0 Å². The first kappa shape index (κ1) is 20.1. The topological polar surface area (TPSA) is 27.0 Å². The second-order valence-electron chi connectivity index (χ2n) is 8.36. The maximum Gasteiger partial charge on any atom is 0.102 e. The summed E-state index contributed by atoms with van der Waals surface area (Å²) in [5.41, 5.74) is 6.30. The highest BCUT2D eigenvalue weighted by atomic mass is 15.1. The largest absolute Gasteiger partial charge is 0.370 e. The van der Waals surface area contributed by atoms with E-state index in [2.05, 4.69) is 89.9 Å². The van der Waals surface area contributed by atoms with E-state index in [9.17, 15) is 5.26 Å². The number of rotatable bonds is 4. The smallest absolute Gasteiger partial charge is 0.102 e. The molecule has 156 valence electrons. The average molecular weight is 415 g/mol. The third kappa shape index (κ3) is 3.90. The van der Waals surface area contributed by atoms with E-state index in [4.69, 9.17) is 0 Å². The Hall–Kier alpha value is -3.83. The number of nitrogens with zero attached hydrogens (tertiary/aromatic N) is 2. The Morgan fingerprint density at radius 3 is 2.25 bits per heavy atom. The lowest BCUT2D eigenvalue weighted by Gasteiger charge is -2.32. The Morgan fingerprint density at radius 1 is 0.688 bits per heavy atom. The van der Waals surface area contributed by atoms with E-state index in [0.29, 0.717) is 0 Å². The number of anilines is 1. The fourth-order valence-electron chi connectivity index (χ4n) is 4.74. The maximum absolute atomic E-state index is 10.3. The van der Waals surface area contributed by atoms with Gasteiger partial charge in [-0.15, -0.1) is 0 Å². The molecule has 1 saturated heterocycles. The van der Waals surface area contributed by atoms with Crippen LogP contribution in [0.5, 0.6) is 0 Å². The van der Waals surface area contributed by atoms with E-state index in [1.54, 1.807) is 0 Å². The highest BCUT2D eigenvalue weighted by Crippen LogP contribution is 2.40. The van der Waals surface area contributed by atoms with Gasteiger partial charge in [-0.3, -0.25) is 0 Å². The minimum atomic E-state index is 0.768. The van der Waals surface area contributed by atoms with Gasteiger partial charge in [-0.2, -0.15) is 5.26 Å². The molecule has 1 heterocycles. The Balaban J connectivity index is 1.70. The Labute approximate surface area is 190 Å². The van der Waals surface area contributed by atoms with Crippen LogP contribution in [0.1, 0.15) is 36.0 Å². The van der Waals surface area contributed by atoms with Crippen LogP contribution in [0.4, 0.5) is 5.69 Å². The van der Waals surface area contributed by atoms with Crippen molar-refractivity contribution in [1.82, 2.24) is 0 Å². The molecule has 0 bridgehead atoms. The second-order valence-corrected chi connectivity index (χ2v) is 8.36. The van der Waals surface area contributed by atoms with Gasteiger partial charge in [-0.25, -0.2) is 0 Å². The van der Waals surface area contributed by atoms with Crippen LogP contribution >= 0.6 is 0 Å². The Bertz CT molecular complexity index is 1300. The predicted molar refractivity (Wildman–Crippen MR) is 136 cm³/mol. The molecule has 1 aliphatic rings. The monoisotopic (exact) mass is 414 g/mol. The van der Waals surface area contributed by atoms with E-state index in [-0.39, 0.29) is 0 Å². The molecular formula is C30H26N2. The van der Waals surface area contributed by atoms with Gasteiger partial charge in [0.15, 0.2) is 0 Å². The van der Waals surface area contributed by atoms with Gasteiger partial charge in [-0.1, -0.05) is 97.1 Å². The number of piperidine rings is 1. The molecular weight excluding hydrogens is 388 g/mol. The van der Waals surface area contributed by atoms with Crippen molar-refractivity contribution in [2.24, 2.45) is 0 Å².